The van der Waals surface area contributed by atoms with E-state index < -0.39 is 18.2 Å². The lowest BCUT2D eigenvalue weighted by Crippen LogP contribution is -2.44. The van der Waals surface area contributed by atoms with E-state index in [-0.39, 0.29) is 6.54 Å². The number of rotatable bonds is 7. The SMILES string of the molecule is Cc1nc2ccccc2cc1OC(NC(=O)CNC(=O)N(C)c1ccccc1)c1c(Cl)cccc1Cl. The van der Waals surface area contributed by atoms with Gasteiger partial charge in [0.05, 0.1) is 33.4 Å². The maximum absolute atomic E-state index is 12.9. The number of benzene rings is 3. The molecular weight excluding hydrogens is 499 g/mol. The number of pyridine rings is 1. The van der Waals surface area contributed by atoms with Gasteiger partial charge < -0.3 is 15.4 Å². The van der Waals surface area contributed by atoms with Crippen molar-refractivity contribution in [1.82, 2.24) is 15.6 Å². The van der Waals surface area contributed by atoms with Crippen molar-refractivity contribution in [2.24, 2.45) is 0 Å². The molecular formula is C27H24Cl2N4O3. The molecule has 0 saturated carbocycles. The van der Waals surface area contributed by atoms with Gasteiger partial charge in [-0.3, -0.25) is 9.69 Å². The van der Waals surface area contributed by atoms with E-state index in [0.29, 0.717) is 32.7 Å². The molecule has 0 aliphatic rings. The molecule has 1 aromatic heterocycles. The van der Waals surface area contributed by atoms with Crippen molar-refractivity contribution in [2.45, 2.75) is 13.2 Å². The van der Waals surface area contributed by atoms with Gasteiger partial charge in [0.1, 0.15) is 5.75 Å². The number of fused-ring (bicyclic) bond motifs is 1. The molecule has 1 atom stereocenters. The first kappa shape index (κ1) is 25.3. The minimum atomic E-state index is -1.02. The molecule has 7 nitrogen and oxygen atoms in total. The fourth-order valence-corrected chi connectivity index (χ4v) is 4.20. The Balaban J connectivity index is 1.53. The van der Waals surface area contributed by atoms with Gasteiger partial charge in [-0.1, -0.05) is 65.7 Å². The first-order valence-electron chi connectivity index (χ1n) is 11.2. The highest BCUT2D eigenvalue weighted by Crippen LogP contribution is 2.33. The lowest BCUT2D eigenvalue weighted by atomic mass is 10.1. The second kappa shape index (κ2) is 11.3. The molecule has 0 bridgehead atoms. The van der Waals surface area contributed by atoms with E-state index in [2.05, 4.69) is 15.6 Å². The third kappa shape index (κ3) is 5.87. The predicted molar refractivity (Wildman–Crippen MR) is 143 cm³/mol. The Morgan fingerprint density at radius 2 is 1.64 bits per heavy atom. The number of nitrogens with one attached hydrogen (secondary N) is 2. The molecule has 9 heteroatoms. The van der Waals surface area contributed by atoms with Gasteiger partial charge >= 0.3 is 6.03 Å². The number of hydrogen-bond acceptors (Lipinski definition) is 4. The molecule has 0 fully saturated rings. The normalized spacial score (nSPS) is 11.6. The van der Waals surface area contributed by atoms with Crippen LogP contribution in [0.1, 0.15) is 17.5 Å². The van der Waals surface area contributed by atoms with Crippen LogP contribution in [0.5, 0.6) is 5.75 Å². The number of urea groups is 1. The van der Waals surface area contributed by atoms with Crippen molar-refractivity contribution < 1.29 is 14.3 Å². The second-order valence-corrected chi connectivity index (χ2v) is 8.83. The molecule has 0 aliphatic carbocycles. The summed E-state index contributed by atoms with van der Waals surface area (Å²) in [6.07, 6.45) is -1.02. The molecule has 0 spiro atoms. The van der Waals surface area contributed by atoms with Crippen LogP contribution < -0.4 is 20.3 Å². The molecule has 3 aromatic carbocycles. The summed E-state index contributed by atoms with van der Waals surface area (Å²) < 4.78 is 6.21. The minimum absolute atomic E-state index is 0.285. The fraction of sp³-hybridized carbons (Fsp3) is 0.148. The number of para-hydroxylation sites is 2. The zero-order chi connectivity index (χ0) is 25.7. The van der Waals surface area contributed by atoms with E-state index in [1.165, 1.54) is 4.90 Å². The zero-order valence-electron chi connectivity index (χ0n) is 19.7. The number of carbonyl (C=O) groups is 2. The van der Waals surface area contributed by atoms with Crippen molar-refractivity contribution in [3.05, 3.63) is 100 Å². The summed E-state index contributed by atoms with van der Waals surface area (Å²) in [5.41, 5.74) is 2.55. The Labute approximate surface area is 219 Å². The molecule has 1 unspecified atom stereocenters. The van der Waals surface area contributed by atoms with E-state index in [1.54, 1.807) is 37.4 Å². The molecule has 4 aromatic rings. The summed E-state index contributed by atoms with van der Waals surface area (Å²) in [6, 6.07) is 23.2. The van der Waals surface area contributed by atoms with Crippen LogP contribution in [0.4, 0.5) is 10.5 Å². The molecule has 0 aliphatic heterocycles. The summed E-state index contributed by atoms with van der Waals surface area (Å²) in [4.78, 5) is 31.4. The number of carbonyl (C=O) groups excluding carboxylic acids is 2. The number of aryl methyl sites for hydroxylation is 1. The van der Waals surface area contributed by atoms with Gasteiger partial charge in [0, 0.05) is 18.1 Å². The second-order valence-electron chi connectivity index (χ2n) is 8.02. The summed E-state index contributed by atoms with van der Waals surface area (Å²) >= 11 is 12.9. The molecule has 36 heavy (non-hydrogen) atoms. The minimum Gasteiger partial charge on any atom is -0.464 e. The van der Waals surface area contributed by atoms with Crippen LogP contribution in [0, 0.1) is 6.92 Å². The number of anilines is 1. The monoisotopic (exact) mass is 522 g/mol. The van der Waals surface area contributed by atoms with Crippen molar-refractivity contribution in [1.29, 1.82) is 0 Å². The fourth-order valence-electron chi connectivity index (χ4n) is 3.60. The van der Waals surface area contributed by atoms with Crippen LogP contribution in [0.25, 0.3) is 10.9 Å². The zero-order valence-corrected chi connectivity index (χ0v) is 21.2. The van der Waals surface area contributed by atoms with Gasteiger partial charge in [0.2, 0.25) is 12.1 Å². The van der Waals surface area contributed by atoms with E-state index in [1.807, 2.05) is 55.5 Å². The van der Waals surface area contributed by atoms with Crippen molar-refractivity contribution >= 4 is 51.7 Å². The third-order valence-corrected chi connectivity index (χ3v) is 6.17. The number of ether oxygens (including phenoxy) is 1. The van der Waals surface area contributed by atoms with E-state index >= 15 is 0 Å². The van der Waals surface area contributed by atoms with Gasteiger partial charge in [-0.15, -0.1) is 0 Å². The Hall–Kier alpha value is -3.81. The number of nitrogens with zero attached hydrogens (tertiary/aromatic N) is 2. The van der Waals surface area contributed by atoms with Crippen LogP contribution in [0.15, 0.2) is 78.9 Å². The first-order valence-corrected chi connectivity index (χ1v) is 11.9. The standard InChI is InChI=1S/C27H24Cl2N4O3/c1-17-23(15-18-9-6-7-14-22(18)31-17)36-26(25-20(28)12-8-13-21(25)29)32-24(34)16-30-27(35)33(2)19-10-4-3-5-11-19/h3-15,26H,16H2,1-2H3,(H,30,35)(H,32,34). The smallest absolute Gasteiger partial charge is 0.322 e. The Bertz CT molecular complexity index is 1380. The van der Waals surface area contributed by atoms with Gasteiger partial charge in [0.25, 0.3) is 0 Å². The molecule has 4 rings (SSSR count). The Morgan fingerprint density at radius 3 is 2.36 bits per heavy atom. The summed E-state index contributed by atoms with van der Waals surface area (Å²) in [6.45, 7) is 1.53. The summed E-state index contributed by atoms with van der Waals surface area (Å²) in [5, 5.41) is 6.92. The summed E-state index contributed by atoms with van der Waals surface area (Å²) in [7, 11) is 1.62. The van der Waals surface area contributed by atoms with E-state index in [4.69, 9.17) is 27.9 Å². The van der Waals surface area contributed by atoms with Crippen LogP contribution in [0.3, 0.4) is 0 Å². The molecule has 184 valence electrons. The summed E-state index contributed by atoms with van der Waals surface area (Å²) in [5.74, 6) is -0.0277. The molecule has 1 heterocycles. The predicted octanol–water partition coefficient (Wildman–Crippen LogP) is 5.89. The Kier molecular flexibility index (Phi) is 7.93. The number of halogens is 2. The van der Waals surface area contributed by atoms with Crippen LogP contribution in [0.2, 0.25) is 10.0 Å². The largest absolute Gasteiger partial charge is 0.464 e. The topological polar surface area (TPSA) is 83.6 Å². The van der Waals surface area contributed by atoms with Crippen molar-refractivity contribution in [3.63, 3.8) is 0 Å². The highest BCUT2D eigenvalue weighted by molar-refractivity contribution is 6.36. The van der Waals surface area contributed by atoms with Gasteiger partial charge in [-0.2, -0.15) is 0 Å². The molecule has 2 N–H and O–H groups in total. The van der Waals surface area contributed by atoms with E-state index in [0.717, 1.165) is 10.9 Å². The lowest BCUT2D eigenvalue weighted by molar-refractivity contribution is -0.122. The number of hydrogen-bond donors (Lipinski definition) is 2. The maximum Gasteiger partial charge on any atom is 0.322 e. The maximum atomic E-state index is 12.9. The number of amides is 3. The van der Waals surface area contributed by atoms with Crippen LogP contribution in [-0.2, 0) is 4.79 Å². The highest BCUT2D eigenvalue weighted by atomic mass is 35.5. The van der Waals surface area contributed by atoms with Crippen molar-refractivity contribution in [3.8, 4) is 5.75 Å². The van der Waals surface area contributed by atoms with Crippen LogP contribution in [-0.4, -0.2) is 30.5 Å². The average Bonchev–Trinajstić information content (AvgIpc) is 2.87. The van der Waals surface area contributed by atoms with Crippen LogP contribution >= 0.6 is 23.2 Å². The molecule has 0 saturated heterocycles. The van der Waals surface area contributed by atoms with Gasteiger partial charge in [0.15, 0.2) is 0 Å². The Morgan fingerprint density at radius 1 is 0.972 bits per heavy atom. The van der Waals surface area contributed by atoms with Gasteiger partial charge in [-0.25, -0.2) is 9.78 Å². The van der Waals surface area contributed by atoms with Crippen molar-refractivity contribution in [2.75, 3.05) is 18.5 Å². The average molecular weight is 523 g/mol. The van der Waals surface area contributed by atoms with Gasteiger partial charge in [-0.05, 0) is 43.3 Å². The molecule has 3 amide bonds. The highest BCUT2D eigenvalue weighted by Gasteiger charge is 2.24. The quantitative estimate of drug-likeness (QED) is 0.296. The lowest BCUT2D eigenvalue weighted by Gasteiger charge is -2.24. The number of aromatic nitrogens is 1. The van der Waals surface area contributed by atoms with E-state index in [9.17, 15) is 9.59 Å². The molecule has 0 radical (unpaired) electrons. The third-order valence-electron chi connectivity index (χ3n) is 5.52. The first-order chi connectivity index (χ1) is 17.3.